The molecule has 1 aliphatic heterocycles. The number of aromatic nitrogens is 2. The lowest BCUT2D eigenvalue weighted by atomic mass is 10.2. The quantitative estimate of drug-likeness (QED) is 0.853. The molecule has 3 heterocycles. The molecule has 0 radical (unpaired) electrons. The molecule has 1 fully saturated rings. The molecule has 0 aliphatic carbocycles. The molecule has 0 spiro atoms. The number of nitrogens with zero attached hydrogens (tertiary/aromatic N) is 3. The monoisotopic (exact) mass is 285 g/mol. The number of nitriles is 1. The SMILES string of the molecule is COc1nc2ccn(C[C@H]3CCCO3)c(=O)c2cc1C#N. The molecule has 1 saturated heterocycles. The minimum atomic E-state index is -0.158. The lowest BCUT2D eigenvalue weighted by molar-refractivity contribution is 0.0963. The molecule has 21 heavy (non-hydrogen) atoms. The summed E-state index contributed by atoms with van der Waals surface area (Å²) in [5, 5.41) is 9.52. The van der Waals surface area contributed by atoms with E-state index in [4.69, 9.17) is 14.7 Å². The van der Waals surface area contributed by atoms with Crippen LogP contribution in [0.5, 0.6) is 5.88 Å². The fourth-order valence-corrected chi connectivity index (χ4v) is 2.58. The van der Waals surface area contributed by atoms with Crippen LogP contribution in [-0.4, -0.2) is 29.4 Å². The number of methoxy groups -OCH3 is 1. The molecule has 6 nitrogen and oxygen atoms in total. The summed E-state index contributed by atoms with van der Waals surface area (Å²) in [6.07, 6.45) is 3.80. The van der Waals surface area contributed by atoms with Crippen molar-refractivity contribution in [2.45, 2.75) is 25.5 Å². The van der Waals surface area contributed by atoms with Gasteiger partial charge in [-0.15, -0.1) is 0 Å². The van der Waals surface area contributed by atoms with E-state index in [9.17, 15) is 4.79 Å². The average Bonchev–Trinajstić information content (AvgIpc) is 3.02. The van der Waals surface area contributed by atoms with Gasteiger partial charge in [-0.05, 0) is 25.0 Å². The molecule has 0 aromatic carbocycles. The van der Waals surface area contributed by atoms with E-state index in [1.165, 1.54) is 13.2 Å². The standard InChI is InChI=1S/C15H15N3O3/c1-20-14-10(8-16)7-12-13(17-14)4-5-18(15(12)19)9-11-3-2-6-21-11/h4-5,7,11H,2-3,6,9H2,1H3/t11-/m1/s1. The van der Waals surface area contributed by atoms with Gasteiger partial charge in [0.15, 0.2) is 0 Å². The first-order valence-corrected chi connectivity index (χ1v) is 6.83. The Hall–Kier alpha value is -2.39. The van der Waals surface area contributed by atoms with E-state index in [2.05, 4.69) is 4.98 Å². The van der Waals surface area contributed by atoms with Crippen LogP contribution in [0.2, 0.25) is 0 Å². The molecule has 0 N–H and O–H groups in total. The largest absolute Gasteiger partial charge is 0.480 e. The topological polar surface area (TPSA) is 77.1 Å². The van der Waals surface area contributed by atoms with Gasteiger partial charge in [0.1, 0.15) is 11.6 Å². The second-order valence-electron chi connectivity index (χ2n) is 5.00. The van der Waals surface area contributed by atoms with Crippen LogP contribution in [0.15, 0.2) is 23.1 Å². The van der Waals surface area contributed by atoms with E-state index in [0.717, 1.165) is 19.4 Å². The molecule has 0 saturated carbocycles. The first-order chi connectivity index (χ1) is 10.2. The van der Waals surface area contributed by atoms with Gasteiger partial charge in [-0.25, -0.2) is 4.98 Å². The highest BCUT2D eigenvalue weighted by atomic mass is 16.5. The van der Waals surface area contributed by atoms with Gasteiger partial charge < -0.3 is 14.0 Å². The molecule has 3 rings (SSSR count). The number of ether oxygens (including phenoxy) is 2. The number of fused-ring (bicyclic) bond motifs is 1. The van der Waals surface area contributed by atoms with Gasteiger partial charge in [0.2, 0.25) is 5.88 Å². The Morgan fingerprint density at radius 1 is 1.62 bits per heavy atom. The smallest absolute Gasteiger partial charge is 0.260 e. The van der Waals surface area contributed by atoms with Crippen molar-refractivity contribution in [2.24, 2.45) is 0 Å². The van der Waals surface area contributed by atoms with Crippen molar-refractivity contribution in [3.05, 3.63) is 34.2 Å². The molecular weight excluding hydrogens is 270 g/mol. The van der Waals surface area contributed by atoms with E-state index in [0.29, 0.717) is 17.4 Å². The summed E-state index contributed by atoms with van der Waals surface area (Å²) in [6.45, 7) is 1.28. The highest BCUT2D eigenvalue weighted by Gasteiger charge is 2.17. The average molecular weight is 285 g/mol. The van der Waals surface area contributed by atoms with Crippen molar-refractivity contribution in [2.75, 3.05) is 13.7 Å². The summed E-state index contributed by atoms with van der Waals surface area (Å²) in [5.74, 6) is 0.237. The fourth-order valence-electron chi connectivity index (χ4n) is 2.58. The normalized spacial score (nSPS) is 17.8. The lowest BCUT2D eigenvalue weighted by Crippen LogP contribution is -2.26. The molecule has 1 aliphatic rings. The van der Waals surface area contributed by atoms with Crippen molar-refractivity contribution in [1.82, 2.24) is 9.55 Å². The van der Waals surface area contributed by atoms with Crippen LogP contribution >= 0.6 is 0 Å². The van der Waals surface area contributed by atoms with Gasteiger partial charge in [0, 0.05) is 12.8 Å². The summed E-state index contributed by atoms with van der Waals surface area (Å²) in [4.78, 5) is 16.7. The molecule has 0 bridgehead atoms. The number of hydrogen-bond acceptors (Lipinski definition) is 5. The first kappa shape index (κ1) is 13.6. The zero-order valence-corrected chi connectivity index (χ0v) is 11.7. The highest BCUT2D eigenvalue weighted by molar-refractivity contribution is 5.79. The van der Waals surface area contributed by atoms with E-state index in [1.54, 1.807) is 16.8 Å². The highest BCUT2D eigenvalue weighted by Crippen LogP contribution is 2.19. The minimum Gasteiger partial charge on any atom is -0.480 e. The number of pyridine rings is 2. The summed E-state index contributed by atoms with van der Waals surface area (Å²) in [7, 11) is 1.45. The van der Waals surface area contributed by atoms with Gasteiger partial charge in [-0.1, -0.05) is 0 Å². The van der Waals surface area contributed by atoms with Gasteiger partial charge in [0.05, 0.1) is 30.7 Å². The first-order valence-electron chi connectivity index (χ1n) is 6.83. The summed E-state index contributed by atoms with van der Waals surface area (Å²) in [5.41, 5.74) is 0.631. The van der Waals surface area contributed by atoms with Crippen LogP contribution < -0.4 is 10.3 Å². The minimum absolute atomic E-state index is 0.0850. The molecule has 2 aromatic rings. The lowest BCUT2D eigenvalue weighted by Gasteiger charge is -2.12. The Balaban J connectivity index is 2.07. The van der Waals surface area contributed by atoms with Crippen LogP contribution in [0.1, 0.15) is 18.4 Å². The van der Waals surface area contributed by atoms with Crippen LogP contribution in [0, 0.1) is 11.3 Å². The van der Waals surface area contributed by atoms with Crippen molar-refractivity contribution in [3.8, 4) is 11.9 Å². The maximum atomic E-state index is 12.5. The second kappa shape index (κ2) is 5.54. The zero-order valence-electron chi connectivity index (χ0n) is 11.7. The van der Waals surface area contributed by atoms with Crippen LogP contribution in [0.25, 0.3) is 10.9 Å². The van der Waals surface area contributed by atoms with Crippen molar-refractivity contribution >= 4 is 10.9 Å². The summed E-state index contributed by atoms with van der Waals surface area (Å²) >= 11 is 0. The zero-order chi connectivity index (χ0) is 14.8. The maximum absolute atomic E-state index is 12.5. The molecule has 1 atom stereocenters. The molecule has 0 amide bonds. The van der Waals surface area contributed by atoms with E-state index in [1.807, 2.05) is 6.07 Å². The van der Waals surface area contributed by atoms with Crippen LogP contribution in [0.4, 0.5) is 0 Å². The molecule has 0 unspecified atom stereocenters. The predicted molar refractivity (Wildman–Crippen MR) is 76.2 cm³/mol. The van der Waals surface area contributed by atoms with Gasteiger partial charge in [0.25, 0.3) is 5.56 Å². The fraction of sp³-hybridized carbons (Fsp3) is 0.400. The Morgan fingerprint density at radius 2 is 2.48 bits per heavy atom. The Kier molecular flexibility index (Phi) is 3.59. The Labute approximate surface area is 121 Å². The van der Waals surface area contributed by atoms with Gasteiger partial charge in [-0.2, -0.15) is 5.26 Å². The van der Waals surface area contributed by atoms with Gasteiger partial charge >= 0.3 is 0 Å². The Bertz CT molecular complexity index is 770. The number of rotatable bonds is 3. The van der Waals surface area contributed by atoms with Crippen molar-refractivity contribution in [1.29, 1.82) is 5.26 Å². The van der Waals surface area contributed by atoms with Gasteiger partial charge in [-0.3, -0.25) is 4.79 Å². The third-order valence-corrected chi connectivity index (χ3v) is 3.66. The van der Waals surface area contributed by atoms with Crippen LogP contribution in [-0.2, 0) is 11.3 Å². The predicted octanol–water partition coefficient (Wildman–Crippen LogP) is 1.46. The van der Waals surface area contributed by atoms with Crippen molar-refractivity contribution in [3.63, 3.8) is 0 Å². The van der Waals surface area contributed by atoms with E-state index >= 15 is 0 Å². The molecule has 6 heteroatoms. The molecule has 2 aromatic heterocycles. The Morgan fingerprint density at radius 3 is 3.14 bits per heavy atom. The second-order valence-corrected chi connectivity index (χ2v) is 5.00. The van der Waals surface area contributed by atoms with Crippen LogP contribution in [0.3, 0.4) is 0 Å². The summed E-state index contributed by atoms with van der Waals surface area (Å²) in [6, 6.07) is 5.29. The maximum Gasteiger partial charge on any atom is 0.260 e. The molecular formula is C15H15N3O3. The molecule has 108 valence electrons. The van der Waals surface area contributed by atoms with E-state index in [-0.39, 0.29) is 23.1 Å². The number of hydrogen-bond donors (Lipinski definition) is 0. The third kappa shape index (κ3) is 2.48. The van der Waals surface area contributed by atoms with E-state index < -0.39 is 0 Å². The summed E-state index contributed by atoms with van der Waals surface area (Å²) < 4.78 is 12.2. The third-order valence-electron chi connectivity index (χ3n) is 3.66. The van der Waals surface area contributed by atoms with Crippen molar-refractivity contribution < 1.29 is 9.47 Å².